The molecule has 3 heteroatoms. The summed E-state index contributed by atoms with van der Waals surface area (Å²) < 4.78 is 6.01. The topological polar surface area (TPSA) is 15.7 Å². The number of hydrogen-bond donors (Lipinski definition) is 0. The summed E-state index contributed by atoms with van der Waals surface area (Å²) in [6, 6.07) is 0.798. The first-order valence-electron chi connectivity index (χ1n) is 8.80. The smallest absolute Gasteiger partial charge is 0.0654 e. The second kappa shape index (κ2) is 6.33. The van der Waals surface area contributed by atoms with Crippen molar-refractivity contribution in [3.63, 3.8) is 0 Å². The van der Waals surface area contributed by atoms with E-state index in [-0.39, 0.29) is 0 Å². The molecule has 0 radical (unpaired) electrons. The number of rotatable bonds is 5. The molecule has 3 nitrogen and oxygen atoms in total. The highest BCUT2D eigenvalue weighted by Crippen LogP contribution is 2.43. The summed E-state index contributed by atoms with van der Waals surface area (Å²) in [6.07, 6.45) is 10.1. The van der Waals surface area contributed by atoms with E-state index in [4.69, 9.17) is 4.74 Å². The molecule has 3 saturated heterocycles. The van der Waals surface area contributed by atoms with Crippen molar-refractivity contribution >= 4 is 0 Å². The van der Waals surface area contributed by atoms with E-state index in [2.05, 4.69) is 23.6 Å². The zero-order valence-electron chi connectivity index (χ0n) is 13.4. The molecule has 0 amide bonds. The van der Waals surface area contributed by atoms with Crippen molar-refractivity contribution in [1.29, 1.82) is 0 Å². The third-order valence-electron chi connectivity index (χ3n) is 5.64. The van der Waals surface area contributed by atoms with E-state index in [0.717, 1.165) is 12.6 Å². The van der Waals surface area contributed by atoms with Gasteiger partial charge in [0.2, 0.25) is 0 Å². The predicted molar refractivity (Wildman–Crippen MR) is 83.1 cm³/mol. The molecule has 0 saturated carbocycles. The van der Waals surface area contributed by atoms with Crippen molar-refractivity contribution in [2.24, 2.45) is 0 Å². The Morgan fingerprint density at radius 1 is 1.05 bits per heavy atom. The molecule has 116 valence electrons. The van der Waals surface area contributed by atoms with Crippen LogP contribution >= 0.6 is 0 Å². The molecular weight excluding hydrogens is 248 g/mol. The highest BCUT2D eigenvalue weighted by Gasteiger charge is 2.49. The molecule has 0 bridgehead atoms. The molecule has 3 fully saturated rings. The van der Waals surface area contributed by atoms with Gasteiger partial charge in [0.05, 0.1) is 12.7 Å². The van der Waals surface area contributed by atoms with Gasteiger partial charge in [-0.3, -0.25) is 4.90 Å². The maximum Gasteiger partial charge on any atom is 0.0654 e. The highest BCUT2D eigenvalue weighted by atomic mass is 16.5. The fourth-order valence-corrected chi connectivity index (χ4v) is 4.57. The van der Waals surface area contributed by atoms with E-state index in [9.17, 15) is 0 Å². The van der Waals surface area contributed by atoms with Crippen LogP contribution in [0.3, 0.4) is 0 Å². The molecule has 3 rings (SSSR count). The zero-order valence-corrected chi connectivity index (χ0v) is 13.4. The lowest BCUT2D eigenvalue weighted by Gasteiger charge is -2.38. The molecule has 2 unspecified atom stereocenters. The Kier molecular flexibility index (Phi) is 4.68. The minimum absolute atomic E-state index is 0.368. The Balaban J connectivity index is 1.58. The molecule has 0 spiro atoms. The summed E-state index contributed by atoms with van der Waals surface area (Å²) in [5, 5.41) is 0. The van der Waals surface area contributed by atoms with Crippen LogP contribution in [0.5, 0.6) is 0 Å². The van der Waals surface area contributed by atoms with Gasteiger partial charge < -0.3 is 9.64 Å². The standard InChI is InChI=1S/C17H32N2O/c1-15(2)20-14-17-8-6-12-19(17)16(7-9-17)13-18-10-4-3-5-11-18/h15-16H,3-14H2,1-2H3. The quantitative estimate of drug-likeness (QED) is 0.770. The van der Waals surface area contributed by atoms with Gasteiger partial charge in [-0.25, -0.2) is 0 Å². The van der Waals surface area contributed by atoms with Crippen LogP contribution in [0.4, 0.5) is 0 Å². The van der Waals surface area contributed by atoms with Gasteiger partial charge in [-0.2, -0.15) is 0 Å². The van der Waals surface area contributed by atoms with Crippen LogP contribution in [-0.2, 0) is 4.74 Å². The number of ether oxygens (including phenoxy) is 1. The number of likely N-dealkylation sites (tertiary alicyclic amines) is 1. The van der Waals surface area contributed by atoms with Gasteiger partial charge in [-0.05, 0) is 72.0 Å². The fourth-order valence-electron chi connectivity index (χ4n) is 4.57. The third kappa shape index (κ3) is 3.05. The SMILES string of the molecule is CC(C)OCC12CCCN1C(CN1CCCCC1)CC2. The largest absolute Gasteiger partial charge is 0.377 e. The maximum absolute atomic E-state index is 6.01. The van der Waals surface area contributed by atoms with Gasteiger partial charge in [-0.1, -0.05) is 6.42 Å². The van der Waals surface area contributed by atoms with Crippen molar-refractivity contribution in [2.75, 3.05) is 32.8 Å². The van der Waals surface area contributed by atoms with E-state index >= 15 is 0 Å². The monoisotopic (exact) mass is 280 g/mol. The molecule has 2 atom stereocenters. The summed E-state index contributed by atoms with van der Waals surface area (Å²) in [5.74, 6) is 0. The lowest BCUT2D eigenvalue weighted by Crippen LogP contribution is -2.49. The molecule has 3 aliphatic rings. The first-order valence-corrected chi connectivity index (χ1v) is 8.80. The molecule has 20 heavy (non-hydrogen) atoms. The minimum atomic E-state index is 0.368. The first kappa shape index (κ1) is 14.8. The Hall–Kier alpha value is -0.120. The van der Waals surface area contributed by atoms with E-state index in [1.165, 1.54) is 71.1 Å². The summed E-state index contributed by atoms with van der Waals surface area (Å²) >= 11 is 0. The van der Waals surface area contributed by atoms with Crippen LogP contribution in [0.25, 0.3) is 0 Å². The minimum Gasteiger partial charge on any atom is -0.377 e. The lowest BCUT2D eigenvalue weighted by molar-refractivity contribution is -0.00856. The number of hydrogen-bond acceptors (Lipinski definition) is 3. The predicted octanol–water partition coefficient (Wildman–Crippen LogP) is 2.89. The molecule has 3 heterocycles. The van der Waals surface area contributed by atoms with Gasteiger partial charge in [0.25, 0.3) is 0 Å². The maximum atomic E-state index is 6.01. The van der Waals surface area contributed by atoms with Gasteiger partial charge in [0, 0.05) is 18.1 Å². The molecule has 0 aromatic carbocycles. The van der Waals surface area contributed by atoms with Crippen LogP contribution in [0, 0.1) is 0 Å². The van der Waals surface area contributed by atoms with Crippen LogP contribution in [0.1, 0.15) is 58.8 Å². The Morgan fingerprint density at radius 2 is 1.85 bits per heavy atom. The molecule has 3 aliphatic heterocycles. The van der Waals surface area contributed by atoms with Crippen LogP contribution in [0.2, 0.25) is 0 Å². The van der Waals surface area contributed by atoms with E-state index in [1.54, 1.807) is 0 Å². The summed E-state index contributed by atoms with van der Waals surface area (Å²) in [4.78, 5) is 5.54. The van der Waals surface area contributed by atoms with Crippen LogP contribution in [0.15, 0.2) is 0 Å². The average Bonchev–Trinajstić information content (AvgIpc) is 2.99. The van der Waals surface area contributed by atoms with Crippen LogP contribution in [-0.4, -0.2) is 60.3 Å². The fraction of sp³-hybridized carbons (Fsp3) is 1.00. The molecule has 0 aromatic rings. The normalized spacial score (nSPS) is 35.9. The first-order chi connectivity index (χ1) is 9.70. The van der Waals surface area contributed by atoms with E-state index < -0.39 is 0 Å². The van der Waals surface area contributed by atoms with E-state index in [1.807, 2.05) is 0 Å². The Labute approximate surface area is 124 Å². The van der Waals surface area contributed by atoms with Crippen molar-refractivity contribution in [3.8, 4) is 0 Å². The average molecular weight is 280 g/mol. The van der Waals surface area contributed by atoms with Crippen molar-refractivity contribution in [2.45, 2.75) is 76.5 Å². The molecule has 0 aliphatic carbocycles. The molecule has 0 aromatic heterocycles. The van der Waals surface area contributed by atoms with Crippen LogP contribution < -0.4 is 0 Å². The summed E-state index contributed by atoms with van der Waals surface area (Å²) in [7, 11) is 0. The van der Waals surface area contributed by atoms with Gasteiger partial charge in [-0.15, -0.1) is 0 Å². The molecular formula is C17H32N2O. The molecule has 0 N–H and O–H groups in total. The summed E-state index contributed by atoms with van der Waals surface area (Å²) in [6.45, 7) is 10.6. The second-order valence-corrected chi connectivity index (χ2v) is 7.43. The van der Waals surface area contributed by atoms with Crippen molar-refractivity contribution in [3.05, 3.63) is 0 Å². The summed E-state index contributed by atoms with van der Waals surface area (Å²) in [5.41, 5.74) is 0.394. The second-order valence-electron chi connectivity index (χ2n) is 7.43. The Morgan fingerprint density at radius 3 is 2.60 bits per heavy atom. The van der Waals surface area contributed by atoms with Crippen molar-refractivity contribution in [1.82, 2.24) is 9.80 Å². The van der Waals surface area contributed by atoms with Gasteiger partial charge in [0.15, 0.2) is 0 Å². The number of fused-ring (bicyclic) bond motifs is 1. The van der Waals surface area contributed by atoms with Crippen molar-refractivity contribution < 1.29 is 4.74 Å². The number of nitrogens with zero attached hydrogens (tertiary/aromatic N) is 2. The number of piperidine rings is 1. The van der Waals surface area contributed by atoms with Gasteiger partial charge in [0.1, 0.15) is 0 Å². The van der Waals surface area contributed by atoms with E-state index in [0.29, 0.717) is 11.6 Å². The van der Waals surface area contributed by atoms with Gasteiger partial charge >= 0.3 is 0 Å². The Bertz CT molecular complexity index is 314. The zero-order chi connectivity index (χ0) is 14.0. The lowest BCUT2D eigenvalue weighted by atomic mass is 9.95. The third-order valence-corrected chi connectivity index (χ3v) is 5.64. The highest BCUT2D eigenvalue weighted by molar-refractivity contribution is 5.05.